The molecule has 1 nitrogen and oxygen atoms in total. The maximum absolute atomic E-state index is 2.44. The summed E-state index contributed by atoms with van der Waals surface area (Å²) in [4.78, 5) is 1.46. The van der Waals surface area contributed by atoms with Crippen molar-refractivity contribution in [1.29, 1.82) is 0 Å². The number of nitrogens with zero attached hydrogens (tertiary/aromatic N) is 1. The molecule has 2 heterocycles. The van der Waals surface area contributed by atoms with Gasteiger partial charge in [-0.1, -0.05) is 30.0 Å². The first kappa shape index (κ1) is 10.4. The molecule has 0 saturated heterocycles. The number of rotatable bonds is 0. The van der Waals surface area contributed by atoms with Crippen LogP contribution in [0, 0.1) is 13.8 Å². The van der Waals surface area contributed by atoms with Crippen molar-refractivity contribution in [2.24, 2.45) is 0 Å². The van der Waals surface area contributed by atoms with Gasteiger partial charge in [-0.25, -0.2) is 0 Å². The zero-order valence-electron chi connectivity index (χ0n) is 10.5. The summed E-state index contributed by atoms with van der Waals surface area (Å²) in [5, 5.41) is 4.14. The zero-order chi connectivity index (χ0) is 12.3. The topological polar surface area (TPSA) is 3.88 Å². The summed E-state index contributed by atoms with van der Waals surface area (Å²) in [7, 11) is 0. The van der Waals surface area contributed by atoms with Gasteiger partial charge in [-0.05, 0) is 30.0 Å². The minimum Gasteiger partial charge on any atom is -0.185 e. The highest BCUT2D eigenvalue weighted by Gasteiger charge is 2.24. The molecule has 0 atom stereocenters. The molecule has 0 unspecified atom stereocenters. The molecule has 0 N–H and O–H groups in total. The Hall–Kier alpha value is -1.54. The van der Waals surface area contributed by atoms with E-state index in [1.807, 2.05) is 11.8 Å². The van der Waals surface area contributed by atoms with E-state index in [1.165, 1.54) is 37.8 Å². The van der Waals surface area contributed by atoms with Crippen LogP contribution in [-0.2, 0) is 5.88 Å². The van der Waals surface area contributed by atoms with Crippen molar-refractivity contribution < 1.29 is 4.57 Å². The van der Waals surface area contributed by atoms with Crippen molar-refractivity contribution in [3.8, 4) is 0 Å². The van der Waals surface area contributed by atoms with E-state index in [2.05, 4.69) is 54.8 Å². The van der Waals surface area contributed by atoms with Crippen molar-refractivity contribution in [1.82, 2.24) is 0 Å². The quantitative estimate of drug-likeness (QED) is 0.432. The second kappa shape index (κ2) is 3.48. The molecule has 0 radical (unpaired) electrons. The molecule has 2 aromatic carbocycles. The highest BCUT2D eigenvalue weighted by atomic mass is 32.2. The van der Waals surface area contributed by atoms with Crippen LogP contribution in [0.15, 0.2) is 41.3 Å². The normalized spacial score (nSPS) is 13.7. The summed E-state index contributed by atoms with van der Waals surface area (Å²) in [6.45, 7) is 4.41. The molecule has 1 aliphatic heterocycles. The Bertz CT molecular complexity index is 736. The molecule has 2 heteroatoms. The van der Waals surface area contributed by atoms with Crippen LogP contribution in [0.4, 0.5) is 0 Å². The minimum atomic E-state index is 1.03. The van der Waals surface area contributed by atoms with E-state index in [9.17, 15) is 0 Å². The highest BCUT2D eigenvalue weighted by molar-refractivity contribution is 7.98. The van der Waals surface area contributed by atoms with Gasteiger partial charge in [0.15, 0.2) is 11.6 Å². The van der Waals surface area contributed by atoms with Crippen LogP contribution in [0.2, 0.25) is 0 Å². The summed E-state index contributed by atoms with van der Waals surface area (Å²) >= 11 is 1.96. The number of benzene rings is 2. The predicted octanol–water partition coefficient (Wildman–Crippen LogP) is 3.96. The van der Waals surface area contributed by atoms with E-state index in [0.717, 1.165) is 5.88 Å². The van der Waals surface area contributed by atoms with Gasteiger partial charge in [-0.3, -0.25) is 0 Å². The van der Waals surface area contributed by atoms with Gasteiger partial charge in [-0.15, -0.1) is 0 Å². The van der Waals surface area contributed by atoms with Gasteiger partial charge in [0.2, 0.25) is 5.52 Å². The first-order valence-electron chi connectivity index (χ1n) is 6.24. The number of aromatic nitrogens is 1. The summed E-state index contributed by atoms with van der Waals surface area (Å²) < 4.78 is 2.44. The molecule has 3 aromatic rings. The van der Waals surface area contributed by atoms with E-state index >= 15 is 0 Å². The lowest BCUT2D eigenvalue weighted by Crippen LogP contribution is -2.38. The van der Waals surface area contributed by atoms with Crippen LogP contribution in [0.3, 0.4) is 0 Å². The monoisotopic (exact) mass is 252 g/mol. The summed E-state index contributed by atoms with van der Waals surface area (Å²) in [5.41, 5.74) is 4.15. The maximum Gasteiger partial charge on any atom is 0.222 e. The lowest BCUT2D eigenvalue weighted by atomic mass is 10.0. The van der Waals surface area contributed by atoms with Crippen molar-refractivity contribution >= 4 is 33.4 Å². The van der Waals surface area contributed by atoms with E-state index in [4.69, 9.17) is 0 Å². The molecule has 88 valence electrons. The van der Waals surface area contributed by atoms with Crippen LogP contribution < -0.4 is 4.57 Å². The molecule has 1 aliphatic rings. The average molecular weight is 252 g/mol. The molecular weight excluding hydrogens is 238 g/mol. The standard InChI is InChI=1S/C16H14NS/c1-10-3-5-12-7-8-13-6-4-11(2)17-9-18-16(10)14(12)15(13)17/h3-8H,9H2,1-2H3/q+1. The van der Waals surface area contributed by atoms with Gasteiger partial charge < -0.3 is 0 Å². The molecule has 0 bridgehead atoms. The molecule has 4 rings (SSSR count). The second-order valence-corrected chi connectivity index (χ2v) is 5.94. The molecule has 0 amide bonds. The lowest BCUT2D eigenvalue weighted by molar-refractivity contribution is -0.655. The van der Waals surface area contributed by atoms with Gasteiger partial charge in [-0.2, -0.15) is 4.57 Å². The fraction of sp³-hybridized carbons (Fsp3) is 0.188. The van der Waals surface area contributed by atoms with Gasteiger partial charge in [0.25, 0.3) is 0 Å². The SMILES string of the molecule is Cc1ccc2ccc3ccc(C)[n+]4c3c2c1SC4. The molecule has 18 heavy (non-hydrogen) atoms. The van der Waals surface area contributed by atoms with Crippen LogP contribution in [-0.4, -0.2) is 0 Å². The molecule has 0 saturated carbocycles. The van der Waals surface area contributed by atoms with E-state index in [-0.39, 0.29) is 0 Å². The minimum absolute atomic E-state index is 1.03. The highest BCUT2D eigenvalue weighted by Crippen LogP contribution is 2.38. The van der Waals surface area contributed by atoms with E-state index in [1.54, 1.807) is 0 Å². The summed E-state index contributed by atoms with van der Waals surface area (Å²) in [6, 6.07) is 13.4. The van der Waals surface area contributed by atoms with Crippen LogP contribution in [0.1, 0.15) is 11.3 Å². The average Bonchev–Trinajstić information content (AvgIpc) is 2.40. The number of pyridine rings is 1. The fourth-order valence-corrected chi connectivity index (χ4v) is 4.12. The Morgan fingerprint density at radius 2 is 1.67 bits per heavy atom. The number of hydrogen-bond donors (Lipinski definition) is 0. The Morgan fingerprint density at radius 3 is 2.56 bits per heavy atom. The summed E-state index contributed by atoms with van der Waals surface area (Å²) in [5.74, 6) is 1.03. The smallest absolute Gasteiger partial charge is 0.185 e. The third kappa shape index (κ3) is 1.21. The Labute approximate surface area is 110 Å². The van der Waals surface area contributed by atoms with Crippen molar-refractivity contribution in [2.45, 2.75) is 24.6 Å². The summed E-state index contributed by atoms with van der Waals surface area (Å²) in [6.07, 6.45) is 0. The third-order valence-corrected chi connectivity index (χ3v) is 5.08. The van der Waals surface area contributed by atoms with E-state index in [0.29, 0.717) is 0 Å². The fourth-order valence-electron chi connectivity index (χ4n) is 2.87. The Kier molecular flexibility index (Phi) is 2.01. The second-order valence-electron chi connectivity index (χ2n) is 4.99. The third-order valence-electron chi connectivity index (χ3n) is 3.88. The van der Waals surface area contributed by atoms with Crippen molar-refractivity contribution in [3.05, 3.63) is 47.7 Å². The number of hydrogen-bond acceptors (Lipinski definition) is 1. The van der Waals surface area contributed by atoms with Gasteiger partial charge in [0.1, 0.15) is 0 Å². The molecule has 0 fully saturated rings. The largest absolute Gasteiger partial charge is 0.222 e. The zero-order valence-corrected chi connectivity index (χ0v) is 11.3. The Morgan fingerprint density at radius 1 is 0.944 bits per heavy atom. The van der Waals surface area contributed by atoms with Crippen molar-refractivity contribution in [3.63, 3.8) is 0 Å². The molecule has 1 aromatic heterocycles. The van der Waals surface area contributed by atoms with Gasteiger partial charge in [0, 0.05) is 23.3 Å². The van der Waals surface area contributed by atoms with Crippen LogP contribution >= 0.6 is 11.8 Å². The van der Waals surface area contributed by atoms with Gasteiger partial charge >= 0.3 is 0 Å². The maximum atomic E-state index is 2.44. The predicted molar refractivity (Wildman–Crippen MR) is 77.0 cm³/mol. The first-order chi connectivity index (χ1) is 8.75. The lowest BCUT2D eigenvalue weighted by Gasteiger charge is -2.16. The molecule has 0 spiro atoms. The number of thioether (sulfide) groups is 1. The van der Waals surface area contributed by atoms with Crippen LogP contribution in [0.25, 0.3) is 21.7 Å². The molecular formula is C16H14NS+. The van der Waals surface area contributed by atoms with Crippen LogP contribution in [0.5, 0.6) is 0 Å². The first-order valence-corrected chi connectivity index (χ1v) is 7.22. The van der Waals surface area contributed by atoms with Crippen molar-refractivity contribution in [2.75, 3.05) is 0 Å². The molecule has 0 aliphatic carbocycles. The Balaban J connectivity index is 2.38. The van der Waals surface area contributed by atoms with Gasteiger partial charge in [0.05, 0.1) is 5.39 Å². The number of aryl methyl sites for hydroxylation is 2. The van der Waals surface area contributed by atoms with E-state index < -0.39 is 0 Å².